The highest BCUT2D eigenvalue weighted by Gasteiger charge is 2.50. The van der Waals surface area contributed by atoms with Crippen molar-refractivity contribution in [3.05, 3.63) is 112 Å². The van der Waals surface area contributed by atoms with Crippen LogP contribution in [0.15, 0.2) is 83.8 Å². The molecule has 0 aliphatic rings. The fourth-order valence-electron chi connectivity index (χ4n) is 6.21. The summed E-state index contributed by atoms with van der Waals surface area (Å²) in [6, 6.07) is 26.3. The molecule has 3 aromatic heterocycles. The van der Waals surface area contributed by atoms with E-state index in [1.54, 1.807) is 23.8 Å². The number of halogens is 2. The van der Waals surface area contributed by atoms with Gasteiger partial charge in [0.15, 0.2) is 5.65 Å². The van der Waals surface area contributed by atoms with Gasteiger partial charge in [0.05, 0.1) is 6.61 Å². The van der Waals surface area contributed by atoms with Gasteiger partial charge < -0.3 is 20.0 Å². The van der Waals surface area contributed by atoms with Gasteiger partial charge >= 0.3 is 0 Å². The third-order valence-electron chi connectivity index (χ3n) is 8.45. The third-order valence-corrected chi connectivity index (χ3v) is 13.5. The van der Waals surface area contributed by atoms with Gasteiger partial charge in [-0.1, -0.05) is 94.4 Å². The van der Waals surface area contributed by atoms with Gasteiger partial charge in [-0.15, -0.1) is 0 Å². The van der Waals surface area contributed by atoms with Crippen molar-refractivity contribution in [2.24, 2.45) is 0 Å². The van der Waals surface area contributed by atoms with E-state index in [2.05, 4.69) is 60.4 Å². The highest BCUT2D eigenvalue weighted by Crippen LogP contribution is 2.36. The number of anilines is 2. The number of aromatic nitrogens is 4. The Kier molecular flexibility index (Phi) is 9.88. The zero-order chi connectivity index (χ0) is 33.8. The van der Waals surface area contributed by atoms with E-state index in [1.807, 2.05) is 48.5 Å². The van der Waals surface area contributed by atoms with E-state index in [0.717, 1.165) is 4.52 Å². The lowest BCUT2D eigenvalue weighted by Crippen LogP contribution is -2.66. The highest BCUT2D eigenvalue weighted by atomic mass is 28.4. The zero-order valence-corrected chi connectivity index (χ0v) is 28.0. The van der Waals surface area contributed by atoms with Crippen molar-refractivity contribution in [3.63, 3.8) is 0 Å². The second kappa shape index (κ2) is 13.9. The number of nitrogens with one attached hydrogen (secondary N) is 1. The number of pyridine rings is 1. The first-order valence-corrected chi connectivity index (χ1v) is 17.5. The van der Waals surface area contributed by atoms with E-state index >= 15 is 0 Å². The van der Waals surface area contributed by atoms with Crippen LogP contribution in [0.1, 0.15) is 56.5 Å². The summed E-state index contributed by atoms with van der Waals surface area (Å²) in [5, 5.41) is 18.9. The molecule has 0 aliphatic heterocycles. The minimum atomic E-state index is -2.80. The number of hydrogen-bond donors (Lipinski definition) is 2. The van der Waals surface area contributed by atoms with Crippen molar-refractivity contribution in [1.82, 2.24) is 19.2 Å². The molecule has 0 radical (unpaired) electrons. The number of nitrogens with zero attached hydrogens (tertiary/aromatic N) is 5. The van der Waals surface area contributed by atoms with Crippen molar-refractivity contribution in [2.45, 2.75) is 58.5 Å². The molecule has 47 heavy (non-hydrogen) atoms. The van der Waals surface area contributed by atoms with Crippen LogP contribution in [0.3, 0.4) is 0 Å². The molecule has 9 nitrogen and oxygen atoms in total. The summed E-state index contributed by atoms with van der Waals surface area (Å²) in [7, 11) is -2.75. The Balaban J connectivity index is 1.35. The monoisotopic (exact) mass is 655 g/mol. The van der Waals surface area contributed by atoms with Gasteiger partial charge in [-0.25, -0.2) is 13.8 Å². The Bertz CT molecular complexity index is 1910. The lowest BCUT2D eigenvalue weighted by Gasteiger charge is -2.43. The lowest BCUT2D eigenvalue weighted by atomic mass is 10.2. The minimum Gasteiger partial charge on any atom is -0.406 e. The van der Waals surface area contributed by atoms with Crippen molar-refractivity contribution in [2.75, 3.05) is 24.2 Å². The van der Waals surface area contributed by atoms with E-state index in [1.165, 1.54) is 10.4 Å². The smallest absolute Gasteiger partial charge is 0.282 e. The summed E-state index contributed by atoms with van der Waals surface area (Å²) in [5.74, 6) is 0.0763. The van der Waals surface area contributed by atoms with Crippen LogP contribution in [-0.4, -0.2) is 40.6 Å². The topological polar surface area (TPSA) is 123 Å². The van der Waals surface area contributed by atoms with E-state index in [4.69, 9.17) is 10.2 Å². The van der Waals surface area contributed by atoms with E-state index in [-0.39, 0.29) is 52.0 Å². The number of nitrogen functional groups attached to an aromatic ring is 1. The highest BCUT2D eigenvalue weighted by molar-refractivity contribution is 6.99. The Morgan fingerprint density at radius 1 is 1.04 bits per heavy atom. The number of alkyl halides is 2. The first-order valence-electron chi connectivity index (χ1n) is 15.6. The van der Waals surface area contributed by atoms with Crippen LogP contribution in [-0.2, 0) is 23.8 Å². The molecule has 5 rings (SSSR count). The van der Waals surface area contributed by atoms with E-state index in [0.29, 0.717) is 25.1 Å². The standard InChI is InChI=1S/C35H39F2N7O2Si/c1-5-27-29(30(36)37)42-44-31(39)28(23-38)32(41-33(27)44)40-19-18-24-13-12-20-43(34(24)45)21-22-46-47(35(2,3)4,25-14-8-6-9-15-25)26-16-10-7-11-17-26/h6-17,20,30H,5,18-19,21-22,39H2,1-4H3,(H,40,41). The molecule has 2 aromatic carbocycles. The van der Waals surface area contributed by atoms with Crippen molar-refractivity contribution < 1.29 is 13.2 Å². The Hall–Kier alpha value is -4.86. The van der Waals surface area contributed by atoms with Gasteiger partial charge in [0.2, 0.25) is 0 Å². The number of nitrogens with two attached hydrogens (primary N) is 1. The molecule has 3 heterocycles. The van der Waals surface area contributed by atoms with Crippen LogP contribution in [0.5, 0.6) is 0 Å². The molecule has 0 aliphatic carbocycles. The first kappa shape index (κ1) is 33.5. The maximum absolute atomic E-state index is 13.6. The molecular formula is C35H39F2N7O2Si. The second-order valence-corrected chi connectivity index (χ2v) is 16.6. The lowest BCUT2D eigenvalue weighted by molar-refractivity contribution is 0.144. The largest absolute Gasteiger partial charge is 0.406 e. The maximum Gasteiger partial charge on any atom is 0.282 e. The van der Waals surface area contributed by atoms with Crippen LogP contribution in [0.2, 0.25) is 5.04 Å². The van der Waals surface area contributed by atoms with Crippen LogP contribution >= 0.6 is 0 Å². The van der Waals surface area contributed by atoms with Crippen molar-refractivity contribution in [1.29, 1.82) is 5.26 Å². The summed E-state index contributed by atoms with van der Waals surface area (Å²) in [4.78, 5) is 18.0. The predicted octanol–water partition coefficient (Wildman–Crippen LogP) is 5.08. The van der Waals surface area contributed by atoms with Crippen LogP contribution in [0.4, 0.5) is 20.4 Å². The number of fused-ring (bicyclic) bond motifs is 1. The number of nitriles is 1. The second-order valence-electron chi connectivity index (χ2n) is 12.3. The molecule has 0 bridgehead atoms. The molecule has 0 saturated heterocycles. The molecule has 0 amide bonds. The summed E-state index contributed by atoms with van der Waals surface area (Å²) in [6.45, 7) is 9.33. The minimum absolute atomic E-state index is 0.00517. The van der Waals surface area contributed by atoms with Gasteiger partial charge in [-0.3, -0.25) is 4.79 Å². The molecule has 3 N–H and O–H groups in total. The van der Waals surface area contributed by atoms with Crippen LogP contribution in [0, 0.1) is 11.3 Å². The summed E-state index contributed by atoms with van der Waals surface area (Å²) in [6.07, 6.45) is -0.452. The SMILES string of the molecule is CCc1c(C(F)F)nn2c(N)c(C#N)c(NCCc3cccn(CCO[Si](c4ccccc4)(c4ccccc4)C(C)(C)C)c3=O)nc12. The van der Waals surface area contributed by atoms with Crippen LogP contribution in [0.25, 0.3) is 5.65 Å². The van der Waals surface area contributed by atoms with Crippen molar-refractivity contribution in [3.8, 4) is 6.07 Å². The number of rotatable bonds is 12. The van der Waals surface area contributed by atoms with Gasteiger partial charge in [-0.2, -0.15) is 14.9 Å². The molecule has 244 valence electrons. The molecule has 5 aromatic rings. The summed E-state index contributed by atoms with van der Waals surface area (Å²) >= 11 is 0. The van der Waals surface area contributed by atoms with Gasteiger partial charge in [-0.05, 0) is 34.3 Å². The van der Waals surface area contributed by atoms with Gasteiger partial charge in [0.1, 0.15) is 29.0 Å². The van der Waals surface area contributed by atoms with Crippen molar-refractivity contribution >= 4 is 36.0 Å². The molecule has 0 saturated carbocycles. The van der Waals surface area contributed by atoms with Gasteiger partial charge in [0.25, 0.3) is 20.3 Å². The average molecular weight is 656 g/mol. The maximum atomic E-state index is 13.6. The fraction of sp³-hybridized carbons (Fsp3) is 0.314. The fourth-order valence-corrected chi connectivity index (χ4v) is 10.8. The quantitative estimate of drug-likeness (QED) is 0.180. The van der Waals surface area contributed by atoms with Crippen LogP contribution < -0.4 is 27.0 Å². The molecule has 12 heteroatoms. The molecule has 0 unspecified atom stereocenters. The zero-order valence-electron chi connectivity index (χ0n) is 27.0. The predicted molar refractivity (Wildman–Crippen MR) is 183 cm³/mol. The third kappa shape index (κ3) is 6.41. The average Bonchev–Trinajstić information content (AvgIpc) is 3.44. The Morgan fingerprint density at radius 2 is 1.68 bits per heavy atom. The number of benzene rings is 2. The molecule has 0 fully saturated rings. The first-order chi connectivity index (χ1) is 22.5. The normalized spacial score (nSPS) is 12.0. The summed E-state index contributed by atoms with van der Waals surface area (Å²) < 4.78 is 36.9. The Labute approximate surface area is 273 Å². The van der Waals surface area contributed by atoms with E-state index in [9.17, 15) is 18.8 Å². The van der Waals surface area contributed by atoms with Gasteiger partial charge in [0, 0.05) is 30.4 Å². The molecule has 0 spiro atoms. The molecular weight excluding hydrogens is 617 g/mol. The summed E-state index contributed by atoms with van der Waals surface area (Å²) in [5.41, 5.74) is 6.61. The Morgan fingerprint density at radius 3 is 2.23 bits per heavy atom. The number of hydrogen-bond acceptors (Lipinski definition) is 7. The van der Waals surface area contributed by atoms with E-state index < -0.39 is 20.4 Å². The molecule has 0 atom stereocenters. The number of aryl methyl sites for hydroxylation is 1.